The zero-order valence-electron chi connectivity index (χ0n) is 11.9. The number of carbonyl (C=O) groups is 1. The van der Waals surface area contributed by atoms with E-state index in [0.717, 1.165) is 24.0 Å². The summed E-state index contributed by atoms with van der Waals surface area (Å²) in [6, 6.07) is 3.19. The predicted molar refractivity (Wildman–Crippen MR) is 73.5 cm³/mol. The van der Waals surface area contributed by atoms with Gasteiger partial charge in [0, 0.05) is 5.92 Å². The van der Waals surface area contributed by atoms with Crippen LogP contribution in [0.5, 0.6) is 5.75 Å². The largest absolute Gasteiger partial charge is 0.485 e. The summed E-state index contributed by atoms with van der Waals surface area (Å²) in [5.74, 6) is 1.34. The third-order valence-electron chi connectivity index (χ3n) is 3.46. The third-order valence-corrected chi connectivity index (χ3v) is 3.46. The molecule has 6 nitrogen and oxygen atoms in total. The first-order chi connectivity index (χ1) is 10.0. The lowest BCUT2D eigenvalue weighted by molar-refractivity contribution is 0.0696. The lowest BCUT2D eigenvalue weighted by atomic mass is 10.1. The molecule has 0 amide bonds. The predicted octanol–water partition coefficient (Wildman–Crippen LogP) is 2.84. The summed E-state index contributed by atoms with van der Waals surface area (Å²) in [6.45, 7) is 3.85. The summed E-state index contributed by atoms with van der Waals surface area (Å²) in [5, 5.41) is 12.9. The zero-order valence-corrected chi connectivity index (χ0v) is 11.9. The molecule has 1 N–H and O–H groups in total. The van der Waals surface area contributed by atoms with Gasteiger partial charge in [0.1, 0.15) is 5.75 Å². The van der Waals surface area contributed by atoms with E-state index in [1.54, 1.807) is 12.1 Å². The molecule has 21 heavy (non-hydrogen) atoms. The molecule has 1 saturated carbocycles. The molecule has 1 fully saturated rings. The number of rotatable bonds is 5. The number of aryl methyl sites for hydroxylation is 2. The highest BCUT2D eigenvalue weighted by molar-refractivity contribution is 5.88. The zero-order chi connectivity index (χ0) is 15.0. The number of aromatic nitrogens is 2. The molecule has 1 aromatic heterocycles. The van der Waals surface area contributed by atoms with Crippen molar-refractivity contribution in [2.45, 2.75) is 39.2 Å². The smallest absolute Gasteiger partial charge is 0.335 e. The number of nitrogens with zero attached hydrogens (tertiary/aromatic N) is 2. The second-order valence-corrected chi connectivity index (χ2v) is 5.36. The maximum Gasteiger partial charge on any atom is 0.335 e. The van der Waals surface area contributed by atoms with Crippen molar-refractivity contribution in [1.29, 1.82) is 0 Å². The molecule has 1 heterocycles. The summed E-state index contributed by atoms with van der Waals surface area (Å²) < 4.78 is 10.9. The molecule has 3 rings (SSSR count). The average molecular weight is 288 g/mol. The number of aromatic carboxylic acids is 1. The number of benzene rings is 1. The first kappa shape index (κ1) is 13.6. The SMILES string of the molecule is Cc1cc(C(=O)O)cc(C)c1OCc1noc(C2CC2)n1. The molecule has 2 aromatic rings. The van der Waals surface area contributed by atoms with Crippen molar-refractivity contribution in [2.75, 3.05) is 0 Å². The molecule has 0 atom stereocenters. The molecule has 1 aliphatic rings. The third kappa shape index (κ3) is 2.89. The molecular formula is C15H16N2O4. The van der Waals surface area contributed by atoms with Crippen molar-refractivity contribution in [2.24, 2.45) is 0 Å². The summed E-state index contributed by atoms with van der Waals surface area (Å²) in [4.78, 5) is 15.3. The molecule has 6 heteroatoms. The minimum Gasteiger partial charge on any atom is -0.485 e. The van der Waals surface area contributed by atoms with Crippen LogP contribution in [0.1, 0.15) is 52.0 Å². The van der Waals surface area contributed by atoms with Crippen molar-refractivity contribution in [3.63, 3.8) is 0 Å². The molecule has 1 aromatic carbocycles. The van der Waals surface area contributed by atoms with Gasteiger partial charge in [-0.1, -0.05) is 5.16 Å². The second kappa shape index (κ2) is 5.20. The summed E-state index contributed by atoms with van der Waals surface area (Å²) in [7, 11) is 0. The topological polar surface area (TPSA) is 85.5 Å². The highest BCUT2D eigenvalue weighted by atomic mass is 16.5. The van der Waals surface area contributed by atoms with Crippen LogP contribution in [0, 0.1) is 13.8 Å². The Hall–Kier alpha value is -2.37. The summed E-state index contributed by atoms with van der Waals surface area (Å²) in [5.41, 5.74) is 1.81. The Kier molecular flexibility index (Phi) is 3.37. The van der Waals surface area contributed by atoms with Crippen molar-refractivity contribution in [3.05, 3.63) is 40.5 Å². The van der Waals surface area contributed by atoms with Gasteiger partial charge in [-0.05, 0) is 49.9 Å². The van der Waals surface area contributed by atoms with Gasteiger partial charge in [-0.15, -0.1) is 0 Å². The fourth-order valence-electron chi connectivity index (χ4n) is 2.26. The fraction of sp³-hybridized carbons (Fsp3) is 0.400. The Morgan fingerprint density at radius 3 is 2.62 bits per heavy atom. The van der Waals surface area contributed by atoms with Gasteiger partial charge in [-0.3, -0.25) is 0 Å². The molecule has 1 aliphatic carbocycles. The van der Waals surface area contributed by atoms with Gasteiger partial charge < -0.3 is 14.4 Å². The van der Waals surface area contributed by atoms with Gasteiger partial charge in [0.05, 0.1) is 5.56 Å². The van der Waals surface area contributed by atoms with Crippen LogP contribution >= 0.6 is 0 Å². The Bertz CT molecular complexity index is 666. The molecule has 0 bridgehead atoms. The van der Waals surface area contributed by atoms with E-state index < -0.39 is 5.97 Å². The van der Waals surface area contributed by atoms with Crippen LogP contribution in [0.15, 0.2) is 16.7 Å². The monoisotopic (exact) mass is 288 g/mol. The van der Waals surface area contributed by atoms with Crippen LogP contribution in [0.25, 0.3) is 0 Å². The normalized spacial score (nSPS) is 14.2. The van der Waals surface area contributed by atoms with Crippen LogP contribution < -0.4 is 4.74 Å². The first-order valence-corrected chi connectivity index (χ1v) is 6.84. The first-order valence-electron chi connectivity index (χ1n) is 6.84. The van der Waals surface area contributed by atoms with E-state index in [9.17, 15) is 4.79 Å². The Morgan fingerprint density at radius 1 is 1.38 bits per heavy atom. The van der Waals surface area contributed by atoms with Gasteiger partial charge in [0.25, 0.3) is 0 Å². The minimum absolute atomic E-state index is 0.213. The summed E-state index contributed by atoms with van der Waals surface area (Å²) in [6.07, 6.45) is 2.22. The average Bonchev–Trinajstić information content (AvgIpc) is 3.17. The van der Waals surface area contributed by atoms with E-state index in [2.05, 4.69) is 10.1 Å². The molecule has 0 radical (unpaired) electrons. The lowest BCUT2D eigenvalue weighted by Crippen LogP contribution is -2.03. The van der Waals surface area contributed by atoms with E-state index >= 15 is 0 Å². The van der Waals surface area contributed by atoms with Gasteiger partial charge in [-0.2, -0.15) is 4.98 Å². The van der Waals surface area contributed by atoms with Crippen molar-refractivity contribution < 1.29 is 19.2 Å². The van der Waals surface area contributed by atoms with Crippen LogP contribution in [0.3, 0.4) is 0 Å². The van der Waals surface area contributed by atoms with E-state index in [4.69, 9.17) is 14.4 Å². The maximum atomic E-state index is 11.0. The highest BCUT2D eigenvalue weighted by Crippen LogP contribution is 2.38. The quantitative estimate of drug-likeness (QED) is 0.910. The van der Waals surface area contributed by atoms with Crippen molar-refractivity contribution in [3.8, 4) is 5.75 Å². The van der Waals surface area contributed by atoms with E-state index in [1.165, 1.54) is 0 Å². The van der Waals surface area contributed by atoms with E-state index in [-0.39, 0.29) is 12.2 Å². The van der Waals surface area contributed by atoms with E-state index in [1.807, 2.05) is 13.8 Å². The van der Waals surface area contributed by atoms with Crippen molar-refractivity contribution >= 4 is 5.97 Å². The Balaban J connectivity index is 1.73. The van der Waals surface area contributed by atoms with Gasteiger partial charge >= 0.3 is 5.97 Å². The van der Waals surface area contributed by atoms with E-state index in [0.29, 0.717) is 23.4 Å². The second-order valence-electron chi connectivity index (χ2n) is 5.36. The minimum atomic E-state index is -0.944. The molecule has 0 aliphatic heterocycles. The lowest BCUT2D eigenvalue weighted by Gasteiger charge is -2.11. The Labute approximate surface area is 121 Å². The number of hydrogen-bond donors (Lipinski definition) is 1. The summed E-state index contributed by atoms with van der Waals surface area (Å²) >= 11 is 0. The van der Waals surface area contributed by atoms with Crippen LogP contribution in [-0.4, -0.2) is 21.2 Å². The molecule has 0 unspecified atom stereocenters. The number of hydrogen-bond acceptors (Lipinski definition) is 5. The van der Waals surface area contributed by atoms with Crippen LogP contribution in [0.4, 0.5) is 0 Å². The standard InChI is InChI=1S/C15H16N2O4/c1-8-5-11(15(18)19)6-9(2)13(8)20-7-12-16-14(21-17-12)10-3-4-10/h5-6,10H,3-4,7H2,1-2H3,(H,18,19). The van der Waals surface area contributed by atoms with Crippen LogP contribution in [0.2, 0.25) is 0 Å². The molecule has 110 valence electrons. The molecule has 0 spiro atoms. The van der Waals surface area contributed by atoms with Gasteiger partial charge in [0.2, 0.25) is 11.7 Å². The van der Waals surface area contributed by atoms with Gasteiger partial charge in [0.15, 0.2) is 6.61 Å². The fourth-order valence-corrected chi connectivity index (χ4v) is 2.26. The number of carboxylic acids is 1. The molecular weight excluding hydrogens is 272 g/mol. The number of ether oxygens (including phenoxy) is 1. The number of carboxylic acid groups (broad SMARTS) is 1. The van der Waals surface area contributed by atoms with Crippen LogP contribution in [-0.2, 0) is 6.61 Å². The van der Waals surface area contributed by atoms with Gasteiger partial charge in [-0.25, -0.2) is 4.79 Å². The highest BCUT2D eigenvalue weighted by Gasteiger charge is 2.29. The van der Waals surface area contributed by atoms with Crippen molar-refractivity contribution in [1.82, 2.24) is 10.1 Å². The molecule has 0 saturated heterocycles. The Morgan fingerprint density at radius 2 is 2.05 bits per heavy atom. The maximum absolute atomic E-state index is 11.0.